The number of carbonyl (C=O) groups is 1. The zero-order valence-electron chi connectivity index (χ0n) is 10.2. The van der Waals surface area contributed by atoms with Gasteiger partial charge in [0.15, 0.2) is 0 Å². The van der Waals surface area contributed by atoms with E-state index in [-0.39, 0.29) is 17.8 Å². The summed E-state index contributed by atoms with van der Waals surface area (Å²) in [5.74, 6) is 0.203. The molecule has 92 valence electrons. The molecule has 0 saturated carbocycles. The Morgan fingerprint density at radius 2 is 2.35 bits per heavy atom. The second kappa shape index (κ2) is 5.94. The fourth-order valence-electron chi connectivity index (χ4n) is 1.47. The molecule has 0 aliphatic rings. The van der Waals surface area contributed by atoms with Crippen LogP contribution < -0.4 is 5.32 Å². The minimum Gasteiger partial charge on any atom is -0.508 e. The van der Waals surface area contributed by atoms with Gasteiger partial charge in [0.25, 0.3) is 0 Å². The lowest BCUT2D eigenvalue weighted by Crippen LogP contribution is -2.38. The molecule has 0 bridgehead atoms. The molecule has 1 aromatic carbocycles. The predicted octanol–water partition coefficient (Wildman–Crippen LogP) is 2.28. The third-order valence-electron chi connectivity index (χ3n) is 2.65. The number of amides is 2. The van der Waals surface area contributed by atoms with Crippen LogP contribution in [0.1, 0.15) is 18.5 Å². The van der Waals surface area contributed by atoms with Crippen LogP contribution >= 0.6 is 0 Å². The van der Waals surface area contributed by atoms with Crippen molar-refractivity contribution in [2.24, 2.45) is 0 Å². The van der Waals surface area contributed by atoms with E-state index < -0.39 is 0 Å². The molecule has 0 aromatic heterocycles. The Labute approximate surface area is 102 Å². The number of hydrogen-bond donors (Lipinski definition) is 2. The van der Waals surface area contributed by atoms with E-state index in [1.54, 1.807) is 36.2 Å². The fourth-order valence-corrected chi connectivity index (χ4v) is 1.47. The summed E-state index contributed by atoms with van der Waals surface area (Å²) in [7, 11) is 1.72. The van der Waals surface area contributed by atoms with Gasteiger partial charge in [-0.1, -0.05) is 18.2 Å². The largest absolute Gasteiger partial charge is 0.508 e. The second-order valence-corrected chi connectivity index (χ2v) is 3.86. The maximum atomic E-state index is 11.7. The zero-order valence-corrected chi connectivity index (χ0v) is 10.2. The first kappa shape index (κ1) is 13.1. The molecule has 0 fully saturated rings. The van der Waals surface area contributed by atoms with Crippen LogP contribution in [0.5, 0.6) is 5.75 Å². The van der Waals surface area contributed by atoms with Crippen molar-refractivity contribution in [1.82, 2.24) is 10.2 Å². The van der Waals surface area contributed by atoms with Crippen molar-refractivity contribution in [2.45, 2.75) is 13.0 Å². The van der Waals surface area contributed by atoms with Gasteiger partial charge in [0, 0.05) is 13.6 Å². The number of urea groups is 1. The lowest BCUT2D eigenvalue weighted by atomic mass is 10.1. The molecule has 4 heteroatoms. The van der Waals surface area contributed by atoms with Gasteiger partial charge in [-0.3, -0.25) is 0 Å². The number of carbonyl (C=O) groups excluding carboxylic acids is 1. The molecule has 1 unspecified atom stereocenters. The fraction of sp³-hybridized carbons (Fsp3) is 0.308. The Hall–Kier alpha value is -1.97. The third-order valence-corrected chi connectivity index (χ3v) is 2.65. The van der Waals surface area contributed by atoms with Crippen LogP contribution in [-0.4, -0.2) is 29.6 Å². The van der Waals surface area contributed by atoms with E-state index in [9.17, 15) is 9.90 Å². The van der Waals surface area contributed by atoms with Gasteiger partial charge in [0.05, 0.1) is 6.04 Å². The van der Waals surface area contributed by atoms with E-state index in [1.807, 2.05) is 13.0 Å². The Kier molecular flexibility index (Phi) is 4.57. The molecule has 0 aliphatic carbocycles. The van der Waals surface area contributed by atoms with Crippen LogP contribution in [0.4, 0.5) is 4.79 Å². The lowest BCUT2D eigenvalue weighted by Gasteiger charge is -2.25. The molecular weight excluding hydrogens is 216 g/mol. The Morgan fingerprint density at radius 3 is 2.94 bits per heavy atom. The average molecular weight is 234 g/mol. The summed E-state index contributed by atoms with van der Waals surface area (Å²) >= 11 is 0. The lowest BCUT2D eigenvalue weighted by molar-refractivity contribution is 0.195. The van der Waals surface area contributed by atoms with Crippen molar-refractivity contribution in [1.29, 1.82) is 0 Å². The minimum absolute atomic E-state index is 0.105. The van der Waals surface area contributed by atoms with Crippen molar-refractivity contribution in [3.63, 3.8) is 0 Å². The van der Waals surface area contributed by atoms with Crippen LogP contribution in [0.2, 0.25) is 0 Å². The molecule has 4 nitrogen and oxygen atoms in total. The van der Waals surface area contributed by atoms with E-state index in [2.05, 4.69) is 11.9 Å². The first-order valence-electron chi connectivity index (χ1n) is 5.46. The molecule has 2 N–H and O–H groups in total. The van der Waals surface area contributed by atoms with Crippen molar-refractivity contribution in [3.05, 3.63) is 42.5 Å². The normalized spacial score (nSPS) is 11.6. The summed E-state index contributed by atoms with van der Waals surface area (Å²) in [6, 6.07) is 6.63. The number of nitrogens with zero attached hydrogens (tertiary/aromatic N) is 1. The zero-order chi connectivity index (χ0) is 12.8. The SMILES string of the molecule is C=CCNC(=O)N(C)C(C)c1cccc(O)c1. The van der Waals surface area contributed by atoms with E-state index in [0.29, 0.717) is 6.54 Å². The van der Waals surface area contributed by atoms with Crippen molar-refractivity contribution >= 4 is 6.03 Å². The van der Waals surface area contributed by atoms with Crippen LogP contribution in [0.3, 0.4) is 0 Å². The molecule has 0 heterocycles. The monoisotopic (exact) mass is 234 g/mol. The van der Waals surface area contributed by atoms with Gasteiger partial charge >= 0.3 is 6.03 Å². The smallest absolute Gasteiger partial charge is 0.317 e. The summed E-state index contributed by atoms with van der Waals surface area (Å²) in [6.07, 6.45) is 1.63. The van der Waals surface area contributed by atoms with Gasteiger partial charge in [-0.25, -0.2) is 4.79 Å². The van der Waals surface area contributed by atoms with Crippen LogP contribution in [0.15, 0.2) is 36.9 Å². The topological polar surface area (TPSA) is 52.6 Å². The van der Waals surface area contributed by atoms with Gasteiger partial charge in [-0.2, -0.15) is 0 Å². The summed E-state index contributed by atoms with van der Waals surface area (Å²) in [5.41, 5.74) is 0.890. The number of nitrogens with one attached hydrogen (secondary N) is 1. The maximum absolute atomic E-state index is 11.7. The summed E-state index contributed by atoms with van der Waals surface area (Å²) in [6.45, 7) is 5.89. The molecule has 1 atom stereocenters. The quantitative estimate of drug-likeness (QED) is 0.785. The maximum Gasteiger partial charge on any atom is 0.317 e. The van der Waals surface area contributed by atoms with Crippen molar-refractivity contribution in [3.8, 4) is 5.75 Å². The molecule has 0 saturated heterocycles. The van der Waals surface area contributed by atoms with Crippen LogP contribution in [-0.2, 0) is 0 Å². The number of rotatable bonds is 4. The number of aromatic hydroxyl groups is 1. The van der Waals surface area contributed by atoms with Gasteiger partial charge in [0.2, 0.25) is 0 Å². The standard InChI is InChI=1S/C13H18N2O2/c1-4-8-14-13(17)15(3)10(2)11-6-5-7-12(16)9-11/h4-7,9-10,16H,1,8H2,2-3H3,(H,14,17). The molecule has 0 spiro atoms. The number of phenolic OH excluding ortho intramolecular Hbond substituents is 1. The third kappa shape index (κ3) is 3.52. The highest BCUT2D eigenvalue weighted by Gasteiger charge is 2.16. The molecule has 0 radical (unpaired) electrons. The highest BCUT2D eigenvalue weighted by atomic mass is 16.3. The summed E-state index contributed by atoms with van der Waals surface area (Å²) in [4.78, 5) is 13.3. The minimum atomic E-state index is -0.166. The van der Waals surface area contributed by atoms with Gasteiger partial charge in [0.1, 0.15) is 5.75 Å². The summed E-state index contributed by atoms with van der Waals surface area (Å²) < 4.78 is 0. The number of hydrogen-bond acceptors (Lipinski definition) is 2. The molecule has 17 heavy (non-hydrogen) atoms. The van der Waals surface area contributed by atoms with E-state index in [0.717, 1.165) is 5.56 Å². The number of phenols is 1. The first-order valence-corrected chi connectivity index (χ1v) is 5.46. The highest BCUT2D eigenvalue weighted by Crippen LogP contribution is 2.22. The highest BCUT2D eigenvalue weighted by molar-refractivity contribution is 5.74. The molecule has 0 aliphatic heterocycles. The first-order chi connectivity index (χ1) is 8.06. The Balaban J connectivity index is 2.72. The molecule has 1 aromatic rings. The summed E-state index contributed by atoms with van der Waals surface area (Å²) in [5, 5.41) is 12.1. The molecule has 1 rings (SSSR count). The van der Waals surface area contributed by atoms with Crippen molar-refractivity contribution in [2.75, 3.05) is 13.6 Å². The predicted molar refractivity (Wildman–Crippen MR) is 67.9 cm³/mol. The average Bonchev–Trinajstić information content (AvgIpc) is 2.34. The van der Waals surface area contributed by atoms with E-state index >= 15 is 0 Å². The van der Waals surface area contributed by atoms with E-state index in [4.69, 9.17) is 0 Å². The van der Waals surface area contributed by atoms with Gasteiger partial charge in [-0.15, -0.1) is 6.58 Å². The van der Waals surface area contributed by atoms with Gasteiger partial charge < -0.3 is 15.3 Å². The Morgan fingerprint density at radius 1 is 1.65 bits per heavy atom. The van der Waals surface area contributed by atoms with Gasteiger partial charge in [-0.05, 0) is 24.6 Å². The van der Waals surface area contributed by atoms with E-state index in [1.165, 1.54) is 0 Å². The van der Waals surface area contributed by atoms with Crippen LogP contribution in [0.25, 0.3) is 0 Å². The molecular formula is C13H18N2O2. The second-order valence-electron chi connectivity index (χ2n) is 3.86. The Bertz CT molecular complexity index is 404. The molecule has 2 amide bonds. The van der Waals surface area contributed by atoms with Crippen LogP contribution in [0, 0.1) is 0 Å². The number of benzene rings is 1. The van der Waals surface area contributed by atoms with Crippen molar-refractivity contribution < 1.29 is 9.90 Å².